The quantitative estimate of drug-likeness (QED) is 0.785. The van der Waals surface area contributed by atoms with Gasteiger partial charge in [0.1, 0.15) is 0 Å². The highest BCUT2D eigenvalue weighted by Crippen LogP contribution is 2.33. The summed E-state index contributed by atoms with van der Waals surface area (Å²) < 4.78 is 0. The summed E-state index contributed by atoms with van der Waals surface area (Å²) in [5, 5.41) is 0. The Morgan fingerprint density at radius 3 is 2.33 bits per heavy atom. The molecule has 0 aromatic carbocycles. The highest BCUT2D eigenvalue weighted by atomic mass is 16.2. The SMILES string of the molecule is CN(C(=O)C1CCCC1CN)C1CCCCCC1. The molecule has 2 saturated carbocycles. The van der Waals surface area contributed by atoms with E-state index in [1.165, 1.54) is 44.9 Å². The van der Waals surface area contributed by atoms with Crippen LogP contribution in [0.2, 0.25) is 0 Å². The van der Waals surface area contributed by atoms with Crippen molar-refractivity contribution in [2.24, 2.45) is 17.6 Å². The molecule has 104 valence electrons. The number of carbonyl (C=O) groups excluding carboxylic acids is 1. The summed E-state index contributed by atoms with van der Waals surface area (Å²) in [5.41, 5.74) is 5.79. The molecule has 2 rings (SSSR count). The maximum Gasteiger partial charge on any atom is 0.225 e. The maximum absolute atomic E-state index is 12.6. The Bertz CT molecular complexity index is 272. The number of carbonyl (C=O) groups is 1. The van der Waals surface area contributed by atoms with E-state index in [0.717, 1.165) is 12.8 Å². The van der Waals surface area contributed by atoms with Crippen LogP contribution in [-0.2, 0) is 4.79 Å². The Labute approximate surface area is 111 Å². The Morgan fingerprint density at radius 1 is 1.06 bits per heavy atom. The molecule has 0 aliphatic heterocycles. The van der Waals surface area contributed by atoms with Gasteiger partial charge in [-0.25, -0.2) is 0 Å². The van der Waals surface area contributed by atoms with Crippen molar-refractivity contribution in [1.29, 1.82) is 0 Å². The largest absolute Gasteiger partial charge is 0.343 e. The van der Waals surface area contributed by atoms with E-state index in [2.05, 4.69) is 4.90 Å². The number of hydrogen-bond donors (Lipinski definition) is 1. The summed E-state index contributed by atoms with van der Waals surface area (Å²) >= 11 is 0. The molecule has 18 heavy (non-hydrogen) atoms. The fraction of sp³-hybridized carbons (Fsp3) is 0.933. The molecule has 3 heteroatoms. The zero-order chi connectivity index (χ0) is 13.0. The second-order valence-corrected chi connectivity index (χ2v) is 6.13. The monoisotopic (exact) mass is 252 g/mol. The van der Waals surface area contributed by atoms with Gasteiger partial charge in [-0.1, -0.05) is 32.1 Å². The molecule has 2 aliphatic rings. The van der Waals surface area contributed by atoms with Crippen LogP contribution in [0.1, 0.15) is 57.8 Å². The summed E-state index contributed by atoms with van der Waals surface area (Å²) in [6.45, 7) is 0.676. The molecule has 0 heterocycles. The summed E-state index contributed by atoms with van der Waals surface area (Å²) in [5.74, 6) is 1.02. The maximum atomic E-state index is 12.6. The molecule has 0 aromatic heterocycles. The third-order valence-electron chi connectivity index (χ3n) is 5.00. The molecule has 1 amide bonds. The molecule has 2 unspecified atom stereocenters. The first-order chi connectivity index (χ1) is 8.74. The fourth-order valence-corrected chi connectivity index (χ4v) is 3.73. The first-order valence-electron chi connectivity index (χ1n) is 7.70. The summed E-state index contributed by atoms with van der Waals surface area (Å²) in [4.78, 5) is 14.7. The Hall–Kier alpha value is -0.570. The second kappa shape index (κ2) is 6.55. The lowest BCUT2D eigenvalue weighted by atomic mass is 9.93. The minimum atomic E-state index is 0.211. The van der Waals surface area contributed by atoms with Gasteiger partial charge in [0.05, 0.1) is 0 Å². The van der Waals surface area contributed by atoms with Gasteiger partial charge in [-0.15, -0.1) is 0 Å². The zero-order valence-corrected chi connectivity index (χ0v) is 11.7. The highest BCUT2D eigenvalue weighted by molar-refractivity contribution is 5.79. The van der Waals surface area contributed by atoms with Crippen LogP contribution in [0.3, 0.4) is 0 Å². The van der Waals surface area contributed by atoms with E-state index < -0.39 is 0 Å². The molecular formula is C15H28N2O. The van der Waals surface area contributed by atoms with E-state index >= 15 is 0 Å². The molecular weight excluding hydrogens is 224 g/mol. The van der Waals surface area contributed by atoms with Gasteiger partial charge in [0.25, 0.3) is 0 Å². The number of nitrogens with zero attached hydrogens (tertiary/aromatic N) is 1. The minimum Gasteiger partial charge on any atom is -0.343 e. The fourth-order valence-electron chi connectivity index (χ4n) is 3.73. The van der Waals surface area contributed by atoms with Crippen molar-refractivity contribution >= 4 is 5.91 Å². The average Bonchev–Trinajstić information content (AvgIpc) is 2.70. The van der Waals surface area contributed by atoms with Gasteiger partial charge in [0, 0.05) is 19.0 Å². The van der Waals surface area contributed by atoms with E-state index in [-0.39, 0.29) is 5.92 Å². The van der Waals surface area contributed by atoms with Crippen molar-refractivity contribution in [2.45, 2.75) is 63.8 Å². The summed E-state index contributed by atoms with van der Waals surface area (Å²) in [6, 6.07) is 0.485. The number of amides is 1. The Morgan fingerprint density at radius 2 is 1.72 bits per heavy atom. The van der Waals surface area contributed by atoms with Gasteiger partial charge in [-0.2, -0.15) is 0 Å². The predicted octanol–water partition coefficient (Wildman–Crippen LogP) is 2.54. The van der Waals surface area contributed by atoms with Gasteiger partial charge in [0.15, 0.2) is 0 Å². The van der Waals surface area contributed by atoms with Crippen molar-refractivity contribution in [2.75, 3.05) is 13.6 Å². The third-order valence-corrected chi connectivity index (χ3v) is 5.00. The normalized spacial score (nSPS) is 30.1. The lowest BCUT2D eigenvalue weighted by molar-refractivity contribution is -0.137. The van der Waals surface area contributed by atoms with Gasteiger partial charge >= 0.3 is 0 Å². The van der Waals surface area contributed by atoms with E-state index in [0.29, 0.717) is 24.4 Å². The molecule has 0 aromatic rings. The van der Waals surface area contributed by atoms with Crippen LogP contribution in [0.15, 0.2) is 0 Å². The number of rotatable bonds is 3. The topological polar surface area (TPSA) is 46.3 Å². The predicted molar refractivity (Wildman–Crippen MR) is 74.1 cm³/mol. The molecule has 2 atom stereocenters. The molecule has 2 aliphatic carbocycles. The molecule has 2 fully saturated rings. The average molecular weight is 252 g/mol. The van der Waals surface area contributed by atoms with E-state index in [1.807, 2.05) is 7.05 Å². The van der Waals surface area contributed by atoms with Crippen LogP contribution >= 0.6 is 0 Å². The van der Waals surface area contributed by atoms with Crippen molar-refractivity contribution in [3.8, 4) is 0 Å². The molecule has 0 radical (unpaired) electrons. The molecule has 0 saturated heterocycles. The first kappa shape index (κ1) is 13.9. The standard InChI is InChI=1S/C15H28N2O/c1-17(13-8-4-2-3-5-9-13)15(18)14-10-6-7-12(14)11-16/h12-14H,2-11,16H2,1H3. The lowest BCUT2D eigenvalue weighted by Crippen LogP contribution is -2.42. The van der Waals surface area contributed by atoms with E-state index in [9.17, 15) is 4.79 Å². The Balaban J connectivity index is 1.94. The second-order valence-electron chi connectivity index (χ2n) is 6.13. The molecule has 0 spiro atoms. The number of hydrogen-bond acceptors (Lipinski definition) is 2. The van der Waals surface area contributed by atoms with Crippen molar-refractivity contribution in [3.63, 3.8) is 0 Å². The van der Waals surface area contributed by atoms with Crippen LogP contribution in [0.25, 0.3) is 0 Å². The van der Waals surface area contributed by atoms with Crippen LogP contribution < -0.4 is 5.73 Å². The molecule has 2 N–H and O–H groups in total. The smallest absolute Gasteiger partial charge is 0.225 e. The Kier molecular flexibility index (Phi) is 5.04. The van der Waals surface area contributed by atoms with Crippen LogP contribution in [0, 0.1) is 11.8 Å². The van der Waals surface area contributed by atoms with E-state index in [4.69, 9.17) is 5.73 Å². The van der Waals surface area contributed by atoms with Crippen molar-refractivity contribution in [1.82, 2.24) is 4.90 Å². The first-order valence-corrected chi connectivity index (χ1v) is 7.70. The third kappa shape index (κ3) is 3.05. The minimum absolute atomic E-state index is 0.211. The van der Waals surface area contributed by atoms with Gasteiger partial charge in [-0.3, -0.25) is 4.79 Å². The van der Waals surface area contributed by atoms with Gasteiger partial charge in [-0.05, 0) is 38.1 Å². The highest BCUT2D eigenvalue weighted by Gasteiger charge is 2.35. The van der Waals surface area contributed by atoms with Crippen molar-refractivity contribution < 1.29 is 4.79 Å². The molecule has 3 nitrogen and oxygen atoms in total. The zero-order valence-electron chi connectivity index (χ0n) is 11.7. The van der Waals surface area contributed by atoms with Crippen LogP contribution in [0.5, 0.6) is 0 Å². The van der Waals surface area contributed by atoms with E-state index in [1.54, 1.807) is 0 Å². The van der Waals surface area contributed by atoms with Crippen LogP contribution in [0.4, 0.5) is 0 Å². The lowest BCUT2D eigenvalue weighted by Gasteiger charge is -2.31. The van der Waals surface area contributed by atoms with Crippen LogP contribution in [-0.4, -0.2) is 30.4 Å². The van der Waals surface area contributed by atoms with Gasteiger partial charge < -0.3 is 10.6 Å². The van der Waals surface area contributed by atoms with Crippen molar-refractivity contribution in [3.05, 3.63) is 0 Å². The van der Waals surface area contributed by atoms with Gasteiger partial charge in [0.2, 0.25) is 5.91 Å². The summed E-state index contributed by atoms with van der Waals surface area (Å²) in [7, 11) is 2.02. The number of nitrogens with two attached hydrogens (primary N) is 1. The molecule has 0 bridgehead atoms. The summed E-state index contributed by atoms with van der Waals surface area (Å²) in [6.07, 6.45) is 11.0.